The number of benzene rings is 1. The number of hydrogen-bond donors (Lipinski definition) is 3. The van der Waals surface area contributed by atoms with Crippen molar-refractivity contribution in [2.24, 2.45) is 5.73 Å². The largest absolute Gasteiger partial charge is 0.507 e. The zero-order valence-corrected chi connectivity index (χ0v) is 8.72. The Morgan fingerprint density at radius 3 is 2.33 bits per heavy atom. The molecule has 2 rings (SSSR count). The Bertz CT molecular complexity index is 341. The summed E-state index contributed by atoms with van der Waals surface area (Å²) in [5, 5.41) is 19.4. The van der Waals surface area contributed by atoms with E-state index in [1.807, 2.05) is 6.92 Å². The van der Waals surface area contributed by atoms with Crippen molar-refractivity contribution in [3.8, 4) is 11.5 Å². The second kappa shape index (κ2) is 3.72. The van der Waals surface area contributed by atoms with E-state index < -0.39 is 0 Å². The molecular formula is C11H16N2O2. The molecule has 82 valence electrons. The third-order valence-electron chi connectivity index (χ3n) is 2.96. The number of phenolic OH excluding ortho intramolecular Hbond substituents is 2. The highest BCUT2D eigenvalue weighted by Gasteiger charge is 2.30. The van der Waals surface area contributed by atoms with Gasteiger partial charge in [0.1, 0.15) is 11.5 Å². The quantitative estimate of drug-likeness (QED) is 0.672. The normalized spacial score (nSPS) is 19.9. The van der Waals surface area contributed by atoms with E-state index in [0.717, 1.165) is 13.1 Å². The smallest absolute Gasteiger partial charge is 0.124 e. The van der Waals surface area contributed by atoms with Crippen LogP contribution in [-0.2, 0) is 0 Å². The number of phenols is 2. The van der Waals surface area contributed by atoms with Gasteiger partial charge in [-0.25, -0.2) is 0 Å². The minimum atomic E-state index is 0.00556. The Labute approximate surface area is 88.9 Å². The molecular weight excluding hydrogens is 192 g/mol. The fourth-order valence-electron chi connectivity index (χ4n) is 2.02. The number of nitrogens with two attached hydrogens (primary N) is 1. The third-order valence-corrected chi connectivity index (χ3v) is 2.96. The summed E-state index contributed by atoms with van der Waals surface area (Å²) in [5.41, 5.74) is 6.28. The van der Waals surface area contributed by atoms with E-state index in [9.17, 15) is 10.2 Å². The van der Waals surface area contributed by atoms with E-state index in [4.69, 9.17) is 5.73 Å². The van der Waals surface area contributed by atoms with Crippen molar-refractivity contribution >= 4 is 0 Å². The summed E-state index contributed by atoms with van der Waals surface area (Å²) in [6, 6.07) is 5.03. The molecule has 0 amide bonds. The molecule has 1 aliphatic heterocycles. The van der Waals surface area contributed by atoms with Gasteiger partial charge in [0.25, 0.3) is 0 Å². The van der Waals surface area contributed by atoms with Crippen LogP contribution in [0.3, 0.4) is 0 Å². The van der Waals surface area contributed by atoms with Crippen LogP contribution in [0, 0.1) is 0 Å². The van der Waals surface area contributed by atoms with Crippen LogP contribution in [0.5, 0.6) is 11.5 Å². The van der Waals surface area contributed by atoms with Crippen LogP contribution in [0.25, 0.3) is 0 Å². The molecule has 4 heteroatoms. The standard InChI is InChI=1S/C11H16N2O2/c1-7(13-5-8(12)6-13)11-9(14)3-2-4-10(11)15/h2-4,7-8,14-15H,5-6,12H2,1H3. The SMILES string of the molecule is CC(c1c(O)cccc1O)N1CC(N)C1. The van der Waals surface area contributed by atoms with E-state index in [2.05, 4.69) is 4.90 Å². The topological polar surface area (TPSA) is 69.7 Å². The minimum Gasteiger partial charge on any atom is -0.507 e. The molecule has 1 fully saturated rings. The Morgan fingerprint density at radius 1 is 1.33 bits per heavy atom. The van der Waals surface area contributed by atoms with E-state index in [0.29, 0.717) is 5.56 Å². The Hall–Kier alpha value is -1.26. The third kappa shape index (κ3) is 1.78. The molecule has 1 aromatic rings. The maximum Gasteiger partial charge on any atom is 0.124 e. The van der Waals surface area contributed by atoms with E-state index in [1.54, 1.807) is 18.2 Å². The molecule has 1 heterocycles. The maximum atomic E-state index is 9.68. The predicted octanol–water partition coefficient (Wildman–Crippen LogP) is 0.802. The van der Waals surface area contributed by atoms with Gasteiger partial charge < -0.3 is 15.9 Å². The van der Waals surface area contributed by atoms with Crippen molar-refractivity contribution in [1.29, 1.82) is 0 Å². The first kappa shape index (κ1) is 10.3. The second-order valence-corrected chi connectivity index (χ2v) is 4.10. The van der Waals surface area contributed by atoms with Gasteiger partial charge in [-0.05, 0) is 19.1 Å². The lowest BCUT2D eigenvalue weighted by Gasteiger charge is -2.41. The van der Waals surface area contributed by atoms with Crippen molar-refractivity contribution in [1.82, 2.24) is 4.90 Å². The fraction of sp³-hybridized carbons (Fsp3) is 0.455. The molecule has 1 atom stereocenters. The Morgan fingerprint density at radius 2 is 1.87 bits per heavy atom. The van der Waals surface area contributed by atoms with Crippen LogP contribution in [0.2, 0.25) is 0 Å². The molecule has 4 nitrogen and oxygen atoms in total. The van der Waals surface area contributed by atoms with Crippen molar-refractivity contribution in [3.63, 3.8) is 0 Å². The number of aromatic hydroxyl groups is 2. The summed E-state index contributed by atoms with van der Waals surface area (Å²) >= 11 is 0. The average Bonchev–Trinajstić information content (AvgIpc) is 2.12. The molecule has 0 spiro atoms. The molecule has 0 aromatic heterocycles. The number of likely N-dealkylation sites (tertiary alicyclic amines) is 1. The lowest BCUT2D eigenvalue weighted by molar-refractivity contribution is 0.100. The first-order valence-electron chi connectivity index (χ1n) is 5.10. The highest BCUT2D eigenvalue weighted by atomic mass is 16.3. The molecule has 0 saturated carbocycles. The van der Waals surface area contributed by atoms with Crippen molar-refractivity contribution in [2.75, 3.05) is 13.1 Å². The second-order valence-electron chi connectivity index (χ2n) is 4.10. The van der Waals surface area contributed by atoms with Gasteiger partial charge in [0.05, 0.1) is 5.56 Å². The average molecular weight is 208 g/mol. The van der Waals surface area contributed by atoms with Crippen LogP contribution in [0.4, 0.5) is 0 Å². The Balaban J connectivity index is 2.21. The first-order chi connectivity index (χ1) is 7.09. The summed E-state index contributed by atoms with van der Waals surface area (Å²) in [5.74, 6) is 0.283. The highest BCUT2D eigenvalue weighted by molar-refractivity contribution is 5.45. The molecule has 4 N–H and O–H groups in total. The van der Waals surface area contributed by atoms with Gasteiger partial charge in [-0.15, -0.1) is 0 Å². The van der Waals surface area contributed by atoms with E-state index >= 15 is 0 Å². The maximum absolute atomic E-state index is 9.68. The first-order valence-corrected chi connectivity index (χ1v) is 5.10. The summed E-state index contributed by atoms with van der Waals surface area (Å²) in [7, 11) is 0. The van der Waals surface area contributed by atoms with Crippen LogP contribution in [0.15, 0.2) is 18.2 Å². The molecule has 0 radical (unpaired) electrons. The number of nitrogens with zero attached hydrogens (tertiary/aromatic N) is 1. The summed E-state index contributed by atoms with van der Waals surface area (Å²) in [6.45, 7) is 3.59. The number of rotatable bonds is 2. The number of hydrogen-bond acceptors (Lipinski definition) is 4. The van der Waals surface area contributed by atoms with Crippen LogP contribution in [0.1, 0.15) is 18.5 Å². The summed E-state index contributed by atoms with van der Waals surface area (Å²) in [4.78, 5) is 2.12. The molecule has 1 unspecified atom stereocenters. The molecule has 1 aliphatic rings. The molecule has 15 heavy (non-hydrogen) atoms. The zero-order valence-electron chi connectivity index (χ0n) is 8.72. The van der Waals surface area contributed by atoms with Crippen LogP contribution >= 0.6 is 0 Å². The van der Waals surface area contributed by atoms with Crippen molar-refractivity contribution < 1.29 is 10.2 Å². The zero-order chi connectivity index (χ0) is 11.0. The van der Waals surface area contributed by atoms with E-state index in [-0.39, 0.29) is 23.6 Å². The summed E-state index contributed by atoms with van der Waals surface area (Å²) in [6.07, 6.45) is 0. The molecule has 1 aromatic carbocycles. The van der Waals surface area contributed by atoms with Crippen molar-refractivity contribution in [3.05, 3.63) is 23.8 Å². The van der Waals surface area contributed by atoms with Crippen LogP contribution < -0.4 is 5.73 Å². The van der Waals surface area contributed by atoms with Crippen LogP contribution in [-0.4, -0.2) is 34.2 Å². The molecule has 1 saturated heterocycles. The lowest BCUT2D eigenvalue weighted by atomic mass is 9.99. The van der Waals surface area contributed by atoms with Gasteiger partial charge in [-0.1, -0.05) is 6.07 Å². The minimum absolute atomic E-state index is 0.00556. The van der Waals surface area contributed by atoms with E-state index in [1.165, 1.54) is 0 Å². The summed E-state index contributed by atoms with van der Waals surface area (Å²) < 4.78 is 0. The van der Waals surface area contributed by atoms with Gasteiger partial charge in [0.2, 0.25) is 0 Å². The monoisotopic (exact) mass is 208 g/mol. The van der Waals surface area contributed by atoms with Gasteiger partial charge >= 0.3 is 0 Å². The predicted molar refractivity (Wildman–Crippen MR) is 57.7 cm³/mol. The Kier molecular flexibility index (Phi) is 2.54. The molecule has 0 bridgehead atoms. The van der Waals surface area contributed by atoms with Gasteiger partial charge in [-0.2, -0.15) is 0 Å². The van der Waals surface area contributed by atoms with Crippen molar-refractivity contribution in [2.45, 2.75) is 19.0 Å². The highest BCUT2D eigenvalue weighted by Crippen LogP contribution is 2.36. The van der Waals surface area contributed by atoms with Gasteiger partial charge in [0, 0.05) is 25.2 Å². The van der Waals surface area contributed by atoms with Gasteiger partial charge in [0.15, 0.2) is 0 Å². The molecule has 0 aliphatic carbocycles. The van der Waals surface area contributed by atoms with Gasteiger partial charge in [-0.3, -0.25) is 4.90 Å². The fourth-order valence-corrected chi connectivity index (χ4v) is 2.02. The lowest BCUT2D eigenvalue weighted by Crippen LogP contribution is -2.56.